The number of carbonyl (C=O) groups excluding carboxylic acids is 1. The van der Waals surface area contributed by atoms with E-state index in [0.717, 1.165) is 24.2 Å². The monoisotopic (exact) mass is 270 g/mol. The first-order valence-electron chi connectivity index (χ1n) is 6.89. The number of carbonyl (C=O) groups is 1. The number of aromatic nitrogens is 3. The van der Waals surface area contributed by atoms with Crippen LogP contribution in [0.15, 0.2) is 36.7 Å². The number of hydrogen-bond acceptors (Lipinski definition) is 3. The largest absolute Gasteiger partial charge is 0.341 e. The highest BCUT2D eigenvalue weighted by atomic mass is 16.2. The second kappa shape index (κ2) is 5.45. The molecule has 0 aliphatic carbocycles. The first-order chi connectivity index (χ1) is 9.74. The van der Waals surface area contributed by atoms with Crippen LogP contribution in [0.4, 0.5) is 0 Å². The molecule has 5 nitrogen and oxygen atoms in total. The summed E-state index contributed by atoms with van der Waals surface area (Å²) in [6.07, 6.45) is 3.40. The third-order valence-corrected chi connectivity index (χ3v) is 3.82. The van der Waals surface area contributed by atoms with E-state index in [2.05, 4.69) is 10.2 Å². The minimum Gasteiger partial charge on any atom is -0.341 e. The lowest BCUT2D eigenvalue weighted by atomic mass is 9.98. The van der Waals surface area contributed by atoms with Gasteiger partial charge in [-0.2, -0.15) is 0 Å². The lowest BCUT2D eigenvalue weighted by Crippen LogP contribution is -2.37. The van der Waals surface area contributed by atoms with Crippen LogP contribution >= 0.6 is 0 Å². The molecular weight excluding hydrogens is 252 g/mol. The predicted molar refractivity (Wildman–Crippen MR) is 74.7 cm³/mol. The van der Waals surface area contributed by atoms with Gasteiger partial charge in [0.25, 0.3) is 0 Å². The van der Waals surface area contributed by atoms with Crippen molar-refractivity contribution >= 4 is 5.91 Å². The molecule has 20 heavy (non-hydrogen) atoms. The predicted octanol–water partition coefficient (Wildman–Crippen LogP) is 1.50. The van der Waals surface area contributed by atoms with Gasteiger partial charge in [-0.05, 0) is 12.0 Å². The van der Waals surface area contributed by atoms with Crippen molar-refractivity contribution in [3.05, 3.63) is 48.0 Å². The second-order valence-electron chi connectivity index (χ2n) is 5.32. The second-order valence-corrected chi connectivity index (χ2v) is 5.32. The van der Waals surface area contributed by atoms with Crippen molar-refractivity contribution in [1.29, 1.82) is 0 Å². The fourth-order valence-electron chi connectivity index (χ4n) is 2.71. The SMILES string of the molecule is CN(Cc1ccccc1)C(=O)C1CCc2nncn2C1. The van der Waals surface area contributed by atoms with Crippen LogP contribution in [0, 0.1) is 5.92 Å². The van der Waals surface area contributed by atoms with Crippen LogP contribution in [0.2, 0.25) is 0 Å². The number of rotatable bonds is 3. The Kier molecular flexibility index (Phi) is 3.50. The van der Waals surface area contributed by atoms with Crippen molar-refractivity contribution in [2.24, 2.45) is 5.92 Å². The molecule has 1 amide bonds. The normalized spacial score (nSPS) is 17.6. The molecule has 5 heteroatoms. The summed E-state index contributed by atoms with van der Waals surface area (Å²) in [6.45, 7) is 1.35. The van der Waals surface area contributed by atoms with Gasteiger partial charge in [-0.25, -0.2) is 0 Å². The van der Waals surface area contributed by atoms with Crippen molar-refractivity contribution in [3.8, 4) is 0 Å². The molecule has 0 fully saturated rings. The van der Waals surface area contributed by atoms with E-state index in [1.807, 2.05) is 46.8 Å². The van der Waals surface area contributed by atoms with Crippen LogP contribution in [0.1, 0.15) is 17.8 Å². The van der Waals surface area contributed by atoms with Gasteiger partial charge < -0.3 is 9.47 Å². The minimum atomic E-state index is 0.0345. The van der Waals surface area contributed by atoms with E-state index in [0.29, 0.717) is 13.1 Å². The summed E-state index contributed by atoms with van der Waals surface area (Å²) in [7, 11) is 1.87. The zero-order valence-corrected chi connectivity index (χ0v) is 11.6. The average molecular weight is 270 g/mol. The minimum absolute atomic E-state index is 0.0345. The number of hydrogen-bond donors (Lipinski definition) is 0. The number of nitrogens with zero attached hydrogens (tertiary/aromatic N) is 4. The van der Waals surface area contributed by atoms with E-state index in [-0.39, 0.29) is 11.8 Å². The Balaban J connectivity index is 1.64. The summed E-state index contributed by atoms with van der Waals surface area (Å²) >= 11 is 0. The van der Waals surface area contributed by atoms with Crippen molar-refractivity contribution in [2.45, 2.75) is 25.9 Å². The Labute approximate surface area is 118 Å². The van der Waals surface area contributed by atoms with Crippen LogP contribution in [0.3, 0.4) is 0 Å². The molecule has 104 valence electrons. The maximum absolute atomic E-state index is 12.5. The van der Waals surface area contributed by atoms with Gasteiger partial charge in [-0.3, -0.25) is 4.79 Å². The molecule has 0 saturated heterocycles. The Morgan fingerprint density at radius 3 is 3.00 bits per heavy atom. The van der Waals surface area contributed by atoms with E-state index in [4.69, 9.17) is 0 Å². The molecule has 0 radical (unpaired) electrons. The molecule has 1 atom stereocenters. The van der Waals surface area contributed by atoms with Gasteiger partial charge in [0, 0.05) is 26.6 Å². The van der Waals surface area contributed by atoms with Gasteiger partial charge in [0.1, 0.15) is 12.2 Å². The van der Waals surface area contributed by atoms with Crippen LogP contribution in [0.25, 0.3) is 0 Å². The topological polar surface area (TPSA) is 51.0 Å². The molecule has 0 bridgehead atoms. The van der Waals surface area contributed by atoms with E-state index in [9.17, 15) is 4.79 Å². The highest BCUT2D eigenvalue weighted by Gasteiger charge is 2.27. The van der Waals surface area contributed by atoms with Crippen molar-refractivity contribution in [3.63, 3.8) is 0 Å². The Bertz CT molecular complexity index is 593. The molecule has 1 unspecified atom stereocenters. The molecule has 1 aromatic carbocycles. The fraction of sp³-hybridized carbons (Fsp3) is 0.400. The maximum Gasteiger partial charge on any atom is 0.227 e. The fourth-order valence-corrected chi connectivity index (χ4v) is 2.71. The van der Waals surface area contributed by atoms with Crippen molar-refractivity contribution < 1.29 is 4.79 Å². The first-order valence-corrected chi connectivity index (χ1v) is 6.89. The summed E-state index contributed by atoms with van der Waals surface area (Å²) in [5.74, 6) is 1.22. The van der Waals surface area contributed by atoms with Crippen LogP contribution in [-0.4, -0.2) is 32.6 Å². The van der Waals surface area contributed by atoms with Gasteiger partial charge in [0.2, 0.25) is 5.91 Å². The molecule has 1 aliphatic rings. The maximum atomic E-state index is 12.5. The summed E-state index contributed by atoms with van der Waals surface area (Å²) in [5, 5.41) is 7.95. The summed E-state index contributed by atoms with van der Waals surface area (Å²) in [6, 6.07) is 10.1. The molecule has 0 N–H and O–H groups in total. The third-order valence-electron chi connectivity index (χ3n) is 3.82. The third kappa shape index (κ3) is 2.57. The van der Waals surface area contributed by atoms with Crippen LogP contribution in [-0.2, 0) is 24.3 Å². The van der Waals surface area contributed by atoms with Gasteiger partial charge >= 0.3 is 0 Å². The quantitative estimate of drug-likeness (QED) is 0.849. The lowest BCUT2D eigenvalue weighted by Gasteiger charge is -2.27. The molecular formula is C15H18N4O. The summed E-state index contributed by atoms with van der Waals surface area (Å²) in [4.78, 5) is 14.3. The molecule has 1 aliphatic heterocycles. The summed E-state index contributed by atoms with van der Waals surface area (Å²) < 4.78 is 1.99. The lowest BCUT2D eigenvalue weighted by molar-refractivity contribution is -0.135. The smallest absolute Gasteiger partial charge is 0.227 e. The highest BCUT2D eigenvalue weighted by molar-refractivity contribution is 5.78. The van der Waals surface area contributed by atoms with E-state index < -0.39 is 0 Å². The van der Waals surface area contributed by atoms with E-state index in [1.54, 1.807) is 6.33 Å². The molecule has 2 heterocycles. The van der Waals surface area contributed by atoms with Crippen LogP contribution in [0.5, 0.6) is 0 Å². The Morgan fingerprint density at radius 2 is 2.20 bits per heavy atom. The molecule has 3 rings (SSSR count). The van der Waals surface area contributed by atoms with Crippen molar-refractivity contribution in [2.75, 3.05) is 7.05 Å². The van der Waals surface area contributed by atoms with Crippen LogP contribution < -0.4 is 0 Å². The number of amides is 1. The average Bonchev–Trinajstić information content (AvgIpc) is 2.94. The number of aryl methyl sites for hydroxylation is 1. The number of benzene rings is 1. The van der Waals surface area contributed by atoms with E-state index >= 15 is 0 Å². The Morgan fingerprint density at radius 1 is 1.40 bits per heavy atom. The standard InChI is InChI=1S/C15H18N4O/c1-18(9-12-5-3-2-4-6-12)15(20)13-7-8-14-17-16-11-19(14)10-13/h2-6,11,13H,7-10H2,1H3. The van der Waals surface area contributed by atoms with E-state index in [1.165, 1.54) is 0 Å². The first kappa shape index (κ1) is 12.8. The summed E-state index contributed by atoms with van der Waals surface area (Å²) in [5.41, 5.74) is 1.16. The Hall–Kier alpha value is -2.17. The molecule has 2 aromatic rings. The number of fused-ring (bicyclic) bond motifs is 1. The molecule has 0 saturated carbocycles. The van der Waals surface area contributed by atoms with Gasteiger partial charge in [-0.1, -0.05) is 30.3 Å². The molecule has 1 aromatic heterocycles. The van der Waals surface area contributed by atoms with Gasteiger partial charge in [0.05, 0.1) is 5.92 Å². The molecule has 0 spiro atoms. The van der Waals surface area contributed by atoms with Crippen molar-refractivity contribution in [1.82, 2.24) is 19.7 Å². The highest BCUT2D eigenvalue weighted by Crippen LogP contribution is 2.20. The zero-order chi connectivity index (χ0) is 13.9. The van der Waals surface area contributed by atoms with Gasteiger partial charge in [-0.15, -0.1) is 10.2 Å². The zero-order valence-electron chi connectivity index (χ0n) is 11.6. The van der Waals surface area contributed by atoms with Gasteiger partial charge in [0.15, 0.2) is 0 Å².